The van der Waals surface area contributed by atoms with Gasteiger partial charge in [0.05, 0.1) is 21.8 Å². The van der Waals surface area contributed by atoms with Gasteiger partial charge >= 0.3 is 5.97 Å². The quantitative estimate of drug-likeness (QED) is 0.686. The van der Waals surface area contributed by atoms with Gasteiger partial charge < -0.3 is 10.1 Å². The Kier molecular flexibility index (Phi) is 6.12. The first-order valence-corrected chi connectivity index (χ1v) is 11.3. The maximum atomic E-state index is 13.3. The van der Waals surface area contributed by atoms with E-state index in [9.17, 15) is 22.8 Å². The summed E-state index contributed by atoms with van der Waals surface area (Å²) < 4.78 is 31.1. The summed E-state index contributed by atoms with van der Waals surface area (Å²) in [6.45, 7) is 4.60. The number of sulfonamides is 1. The van der Waals surface area contributed by atoms with Crippen molar-refractivity contribution in [2.24, 2.45) is 0 Å². The maximum Gasteiger partial charge on any atom is 0.338 e. The molecule has 0 fully saturated rings. The fourth-order valence-corrected chi connectivity index (χ4v) is 4.25. The lowest BCUT2D eigenvalue weighted by atomic mass is 9.95. The largest absolute Gasteiger partial charge is 0.449 e. The molecule has 0 saturated heterocycles. The summed E-state index contributed by atoms with van der Waals surface area (Å²) >= 11 is 0. The molecule has 32 heavy (non-hydrogen) atoms. The van der Waals surface area contributed by atoms with Crippen molar-refractivity contribution in [1.82, 2.24) is 4.31 Å². The van der Waals surface area contributed by atoms with Crippen LogP contribution >= 0.6 is 0 Å². The lowest BCUT2D eigenvalue weighted by Crippen LogP contribution is -2.60. The van der Waals surface area contributed by atoms with Crippen molar-refractivity contribution >= 4 is 39.2 Å². The van der Waals surface area contributed by atoms with E-state index in [1.165, 1.54) is 50.2 Å². The van der Waals surface area contributed by atoms with Crippen molar-refractivity contribution in [1.29, 1.82) is 0 Å². The van der Waals surface area contributed by atoms with Crippen LogP contribution in [0.1, 0.15) is 31.1 Å². The number of amides is 2. The van der Waals surface area contributed by atoms with Crippen molar-refractivity contribution in [3.8, 4) is 0 Å². The van der Waals surface area contributed by atoms with E-state index in [0.29, 0.717) is 11.4 Å². The summed E-state index contributed by atoms with van der Waals surface area (Å²) in [4.78, 5) is 39.8. The number of para-hydroxylation sites is 2. The van der Waals surface area contributed by atoms with Crippen molar-refractivity contribution in [3.63, 3.8) is 0 Å². The van der Waals surface area contributed by atoms with Crippen LogP contribution in [0.5, 0.6) is 0 Å². The fraction of sp³-hybridized carbons (Fsp3) is 0.318. The number of hydrogen-bond donors (Lipinski definition) is 1. The van der Waals surface area contributed by atoms with Crippen LogP contribution in [0.15, 0.2) is 53.4 Å². The smallest absolute Gasteiger partial charge is 0.338 e. The highest BCUT2D eigenvalue weighted by atomic mass is 32.2. The fourth-order valence-electron chi connectivity index (χ4n) is 3.30. The second-order valence-corrected chi connectivity index (χ2v) is 10.2. The Morgan fingerprint density at radius 1 is 1.09 bits per heavy atom. The van der Waals surface area contributed by atoms with E-state index in [1.807, 2.05) is 0 Å². The molecule has 0 radical (unpaired) electrons. The Labute approximate surface area is 187 Å². The molecule has 2 aromatic rings. The van der Waals surface area contributed by atoms with Crippen LogP contribution in [0.3, 0.4) is 0 Å². The molecule has 0 aromatic heterocycles. The normalized spacial score (nSPS) is 16.2. The molecule has 2 amide bonds. The van der Waals surface area contributed by atoms with Crippen LogP contribution in [0, 0.1) is 0 Å². The van der Waals surface area contributed by atoms with Crippen molar-refractivity contribution in [2.75, 3.05) is 24.3 Å². The molecule has 0 spiro atoms. The number of esters is 1. The van der Waals surface area contributed by atoms with Gasteiger partial charge in [0.1, 0.15) is 5.54 Å². The second-order valence-electron chi connectivity index (χ2n) is 8.07. The van der Waals surface area contributed by atoms with Gasteiger partial charge in [-0.2, -0.15) is 0 Å². The molecule has 10 heteroatoms. The Bertz CT molecular complexity index is 1190. The molecule has 1 aliphatic rings. The van der Waals surface area contributed by atoms with Gasteiger partial charge in [-0.25, -0.2) is 17.5 Å². The van der Waals surface area contributed by atoms with Gasteiger partial charge in [0.2, 0.25) is 15.9 Å². The van der Waals surface area contributed by atoms with E-state index in [-0.39, 0.29) is 16.4 Å². The molecule has 0 aliphatic carbocycles. The minimum absolute atomic E-state index is 0.0105. The maximum absolute atomic E-state index is 13.3. The van der Waals surface area contributed by atoms with Crippen molar-refractivity contribution in [2.45, 2.75) is 37.3 Å². The molecular weight excluding hydrogens is 434 g/mol. The zero-order valence-corrected chi connectivity index (χ0v) is 19.3. The summed E-state index contributed by atoms with van der Waals surface area (Å²) in [6, 6.07) is 12.2. The Hall–Kier alpha value is -3.24. The highest BCUT2D eigenvalue weighted by Gasteiger charge is 2.45. The molecule has 1 N–H and O–H groups in total. The molecule has 1 heterocycles. The summed E-state index contributed by atoms with van der Waals surface area (Å²) in [5, 5.41) is 2.77. The number of nitrogens with one attached hydrogen (secondary N) is 1. The molecule has 0 bridgehead atoms. The second kappa shape index (κ2) is 8.36. The van der Waals surface area contributed by atoms with Crippen LogP contribution in [0.25, 0.3) is 0 Å². The number of carbonyl (C=O) groups is 3. The highest BCUT2D eigenvalue weighted by Crippen LogP contribution is 2.37. The predicted octanol–water partition coefficient (Wildman–Crippen LogP) is 2.25. The van der Waals surface area contributed by atoms with Crippen LogP contribution in [0.2, 0.25) is 0 Å². The number of benzene rings is 2. The standard InChI is InChI=1S/C22H25N3O6S/c1-14(31-20(27)15-9-8-10-16(13-15)32(29,30)24(4)5)19(26)25-18-12-7-6-11-17(18)23-21(28)22(25,2)3/h6-14H,1-5H3,(H,23,28)/t14-/m0/s1. The molecule has 3 rings (SSSR count). The van der Waals surface area contributed by atoms with Gasteiger partial charge in [-0.3, -0.25) is 14.5 Å². The number of carbonyl (C=O) groups excluding carboxylic acids is 3. The average molecular weight is 460 g/mol. The molecule has 0 saturated carbocycles. The highest BCUT2D eigenvalue weighted by molar-refractivity contribution is 7.89. The van der Waals surface area contributed by atoms with Gasteiger partial charge in [-0.1, -0.05) is 18.2 Å². The Balaban J connectivity index is 1.86. The zero-order valence-electron chi connectivity index (χ0n) is 18.4. The van der Waals surface area contributed by atoms with Crippen molar-refractivity contribution in [3.05, 3.63) is 54.1 Å². The molecule has 9 nitrogen and oxygen atoms in total. The molecular formula is C22H25N3O6S. The average Bonchev–Trinajstić information content (AvgIpc) is 2.74. The summed E-state index contributed by atoms with van der Waals surface area (Å²) in [6.07, 6.45) is -1.23. The molecule has 2 aromatic carbocycles. The lowest BCUT2D eigenvalue weighted by Gasteiger charge is -2.42. The zero-order chi connectivity index (χ0) is 23.8. The number of anilines is 2. The number of fused-ring (bicyclic) bond motifs is 1. The molecule has 1 atom stereocenters. The van der Waals surface area contributed by atoms with Crippen LogP contribution < -0.4 is 10.2 Å². The van der Waals surface area contributed by atoms with Gasteiger partial charge in [0.25, 0.3) is 5.91 Å². The first kappa shape index (κ1) is 23.4. The van der Waals surface area contributed by atoms with Gasteiger partial charge in [0, 0.05) is 14.1 Å². The molecule has 1 aliphatic heterocycles. The van der Waals surface area contributed by atoms with E-state index < -0.39 is 33.5 Å². The minimum atomic E-state index is -3.74. The number of ether oxygens (including phenoxy) is 1. The third-order valence-corrected chi connectivity index (χ3v) is 7.02. The van der Waals surface area contributed by atoms with E-state index in [2.05, 4.69) is 5.32 Å². The van der Waals surface area contributed by atoms with Crippen molar-refractivity contribution < 1.29 is 27.5 Å². The summed E-state index contributed by atoms with van der Waals surface area (Å²) in [5.74, 6) is -1.80. The third-order valence-electron chi connectivity index (χ3n) is 5.21. The van der Waals surface area contributed by atoms with Gasteiger partial charge in [-0.05, 0) is 51.1 Å². The number of hydrogen-bond acceptors (Lipinski definition) is 6. The SMILES string of the molecule is C[C@H](OC(=O)c1cccc(S(=O)(=O)N(C)C)c1)C(=O)N1c2ccccc2NC(=O)C1(C)C. The Morgan fingerprint density at radius 3 is 2.41 bits per heavy atom. The lowest BCUT2D eigenvalue weighted by molar-refractivity contribution is -0.131. The minimum Gasteiger partial charge on any atom is -0.449 e. The monoisotopic (exact) mass is 459 g/mol. The predicted molar refractivity (Wildman–Crippen MR) is 119 cm³/mol. The topological polar surface area (TPSA) is 113 Å². The first-order valence-electron chi connectivity index (χ1n) is 9.85. The number of rotatable bonds is 5. The van der Waals surface area contributed by atoms with Crippen LogP contribution in [-0.4, -0.2) is 56.2 Å². The van der Waals surface area contributed by atoms with Gasteiger partial charge in [0.15, 0.2) is 6.10 Å². The van der Waals surface area contributed by atoms with E-state index in [1.54, 1.807) is 38.1 Å². The summed E-state index contributed by atoms with van der Waals surface area (Å²) in [7, 11) is -0.975. The van der Waals surface area contributed by atoms with E-state index in [4.69, 9.17) is 4.74 Å². The van der Waals surface area contributed by atoms with Gasteiger partial charge in [-0.15, -0.1) is 0 Å². The first-order chi connectivity index (χ1) is 14.9. The summed E-state index contributed by atoms with van der Waals surface area (Å²) in [5.41, 5.74) is -0.260. The van der Waals surface area contributed by atoms with Crippen LogP contribution in [-0.2, 0) is 24.3 Å². The van der Waals surface area contributed by atoms with E-state index in [0.717, 1.165) is 4.31 Å². The van der Waals surface area contributed by atoms with Crippen LogP contribution in [0.4, 0.5) is 11.4 Å². The number of nitrogens with zero attached hydrogens (tertiary/aromatic N) is 2. The molecule has 170 valence electrons. The van der Waals surface area contributed by atoms with E-state index >= 15 is 0 Å². The third kappa shape index (κ3) is 4.11. The molecule has 0 unspecified atom stereocenters. The Morgan fingerprint density at radius 2 is 1.75 bits per heavy atom.